The maximum absolute atomic E-state index is 5.85. The molecular formula is C17H28N2O. The predicted octanol–water partition coefficient (Wildman–Crippen LogP) is 3.36. The average Bonchev–Trinajstić information content (AvgIpc) is 2.41. The van der Waals surface area contributed by atoms with E-state index in [1.807, 2.05) is 0 Å². The Bertz CT molecular complexity index is 417. The highest BCUT2D eigenvalue weighted by Crippen LogP contribution is 2.25. The quantitative estimate of drug-likeness (QED) is 0.892. The fraction of sp³-hybridized carbons (Fsp3) is 0.647. The van der Waals surface area contributed by atoms with Crippen LogP contribution >= 0.6 is 0 Å². The van der Waals surface area contributed by atoms with Gasteiger partial charge in [0, 0.05) is 24.9 Å². The first kappa shape index (κ1) is 15.3. The normalized spacial score (nSPS) is 23.3. The Morgan fingerprint density at radius 3 is 2.75 bits per heavy atom. The van der Waals surface area contributed by atoms with Crippen molar-refractivity contribution in [2.24, 2.45) is 5.92 Å². The van der Waals surface area contributed by atoms with Gasteiger partial charge in [-0.2, -0.15) is 0 Å². The van der Waals surface area contributed by atoms with Crippen molar-refractivity contribution >= 4 is 5.69 Å². The van der Waals surface area contributed by atoms with E-state index in [9.17, 15) is 0 Å². The second-order valence-corrected chi connectivity index (χ2v) is 6.41. The maximum Gasteiger partial charge on any atom is 0.0617 e. The lowest BCUT2D eigenvalue weighted by atomic mass is 9.95. The van der Waals surface area contributed by atoms with Gasteiger partial charge >= 0.3 is 0 Å². The number of nitrogens with one attached hydrogen (secondary N) is 1. The fourth-order valence-electron chi connectivity index (χ4n) is 2.78. The van der Waals surface area contributed by atoms with Crippen LogP contribution in [0.4, 0.5) is 5.69 Å². The molecule has 1 N–H and O–H groups in total. The summed E-state index contributed by atoms with van der Waals surface area (Å²) in [5.74, 6) is 0.594. The van der Waals surface area contributed by atoms with Gasteiger partial charge in [0.15, 0.2) is 0 Å². The molecule has 1 aliphatic rings. The van der Waals surface area contributed by atoms with Gasteiger partial charge in [-0.15, -0.1) is 0 Å². The van der Waals surface area contributed by atoms with Crippen LogP contribution in [0.1, 0.15) is 32.3 Å². The van der Waals surface area contributed by atoms with Crippen molar-refractivity contribution < 1.29 is 4.74 Å². The minimum atomic E-state index is 0.391. The van der Waals surface area contributed by atoms with E-state index in [2.05, 4.69) is 62.4 Å². The smallest absolute Gasteiger partial charge is 0.0617 e. The molecule has 2 atom stereocenters. The number of hydrogen-bond acceptors (Lipinski definition) is 3. The number of benzene rings is 1. The van der Waals surface area contributed by atoms with Gasteiger partial charge in [-0.05, 0) is 44.5 Å². The molecule has 1 aromatic carbocycles. The van der Waals surface area contributed by atoms with Crippen molar-refractivity contribution in [2.45, 2.75) is 45.4 Å². The lowest BCUT2D eigenvalue weighted by Gasteiger charge is -2.33. The fourth-order valence-corrected chi connectivity index (χ4v) is 2.78. The van der Waals surface area contributed by atoms with Crippen LogP contribution in [0.2, 0.25) is 0 Å². The molecule has 1 aromatic rings. The molecule has 0 aromatic heterocycles. The number of hydrogen-bond donors (Lipinski definition) is 1. The van der Waals surface area contributed by atoms with E-state index >= 15 is 0 Å². The molecule has 2 unspecified atom stereocenters. The van der Waals surface area contributed by atoms with Gasteiger partial charge in [0.25, 0.3) is 0 Å². The van der Waals surface area contributed by atoms with Crippen LogP contribution in [0.25, 0.3) is 0 Å². The second-order valence-electron chi connectivity index (χ2n) is 6.41. The molecule has 0 radical (unpaired) electrons. The summed E-state index contributed by atoms with van der Waals surface area (Å²) in [6.45, 7) is 6.33. The molecule has 1 saturated heterocycles. The van der Waals surface area contributed by atoms with Crippen molar-refractivity contribution in [3.63, 3.8) is 0 Å². The van der Waals surface area contributed by atoms with E-state index in [0.29, 0.717) is 18.1 Å². The molecule has 1 aliphatic heterocycles. The summed E-state index contributed by atoms with van der Waals surface area (Å²) >= 11 is 0. The van der Waals surface area contributed by atoms with E-state index in [0.717, 1.165) is 26.0 Å². The highest BCUT2D eigenvalue weighted by molar-refractivity contribution is 5.51. The molecule has 2 rings (SSSR count). The van der Waals surface area contributed by atoms with Crippen molar-refractivity contribution in [3.05, 3.63) is 29.8 Å². The monoisotopic (exact) mass is 276 g/mol. The molecule has 1 fully saturated rings. The van der Waals surface area contributed by atoms with E-state index in [4.69, 9.17) is 4.74 Å². The lowest BCUT2D eigenvalue weighted by molar-refractivity contribution is -0.0160. The van der Waals surface area contributed by atoms with Crippen LogP contribution < -0.4 is 5.32 Å². The Balaban J connectivity index is 2.02. The van der Waals surface area contributed by atoms with Crippen LogP contribution in [0.5, 0.6) is 0 Å². The average molecular weight is 276 g/mol. The minimum absolute atomic E-state index is 0.391. The van der Waals surface area contributed by atoms with Gasteiger partial charge in [0.2, 0.25) is 0 Å². The maximum atomic E-state index is 5.85. The van der Waals surface area contributed by atoms with E-state index in [-0.39, 0.29) is 0 Å². The first-order valence-corrected chi connectivity index (χ1v) is 7.67. The zero-order chi connectivity index (χ0) is 14.5. The SMILES string of the molecule is CC(C)C1CC(Nc2ccccc2CN(C)C)CCO1. The zero-order valence-corrected chi connectivity index (χ0v) is 13.2. The van der Waals surface area contributed by atoms with Crippen LogP contribution in [-0.4, -0.2) is 37.7 Å². The van der Waals surface area contributed by atoms with Gasteiger partial charge in [-0.25, -0.2) is 0 Å². The summed E-state index contributed by atoms with van der Waals surface area (Å²) in [4.78, 5) is 2.21. The molecule has 0 spiro atoms. The second kappa shape index (κ2) is 7.09. The highest BCUT2D eigenvalue weighted by Gasteiger charge is 2.25. The molecule has 0 saturated carbocycles. The molecule has 112 valence electrons. The Kier molecular flexibility index (Phi) is 5.44. The summed E-state index contributed by atoms with van der Waals surface area (Å²) in [6, 6.07) is 9.16. The Hall–Kier alpha value is -1.06. The molecule has 3 heteroatoms. The van der Waals surface area contributed by atoms with Crippen LogP contribution in [0.15, 0.2) is 24.3 Å². The first-order valence-electron chi connectivity index (χ1n) is 7.67. The third-order valence-corrected chi connectivity index (χ3v) is 3.92. The van der Waals surface area contributed by atoms with Crippen LogP contribution in [-0.2, 0) is 11.3 Å². The van der Waals surface area contributed by atoms with Gasteiger partial charge in [-0.3, -0.25) is 0 Å². The largest absolute Gasteiger partial charge is 0.382 e. The first-order chi connectivity index (χ1) is 9.56. The van der Waals surface area contributed by atoms with Gasteiger partial charge < -0.3 is 15.0 Å². The van der Waals surface area contributed by atoms with E-state index < -0.39 is 0 Å². The molecule has 0 amide bonds. The molecule has 0 aliphatic carbocycles. The lowest BCUT2D eigenvalue weighted by Crippen LogP contribution is -2.36. The standard InChI is InChI=1S/C17H28N2O/c1-13(2)17-11-15(9-10-20-17)18-16-8-6-5-7-14(16)12-19(3)4/h5-8,13,15,17-18H,9-12H2,1-4H3. The number of para-hydroxylation sites is 1. The minimum Gasteiger partial charge on any atom is -0.382 e. The predicted molar refractivity (Wildman–Crippen MR) is 85.1 cm³/mol. The zero-order valence-electron chi connectivity index (χ0n) is 13.2. The van der Waals surface area contributed by atoms with Gasteiger partial charge in [0.1, 0.15) is 0 Å². The van der Waals surface area contributed by atoms with Crippen LogP contribution in [0, 0.1) is 5.92 Å². The van der Waals surface area contributed by atoms with Crippen molar-refractivity contribution in [3.8, 4) is 0 Å². The summed E-state index contributed by atoms with van der Waals surface area (Å²) < 4.78 is 5.85. The number of anilines is 1. The number of rotatable bonds is 5. The summed E-state index contributed by atoms with van der Waals surface area (Å²) in [7, 11) is 4.22. The Labute approximate surface area is 123 Å². The molecule has 3 nitrogen and oxygen atoms in total. The van der Waals surface area contributed by atoms with Crippen molar-refractivity contribution in [2.75, 3.05) is 26.0 Å². The van der Waals surface area contributed by atoms with E-state index in [1.54, 1.807) is 0 Å². The van der Waals surface area contributed by atoms with Gasteiger partial charge in [-0.1, -0.05) is 32.0 Å². The molecule has 0 bridgehead atoms. The summed E-state index contributed by atoms with van der Waals surface area (Å²) in [5.41, 5.74) is 2.64. The summed E-state index contributed by atoms with van der Waals surface area (Å²) in [5, 5.41) is 3.73. The molecular weight excluding hydrogens is 248 g/mol. The van der Waals surface area contributed by atoms with Crippen LogP contribution in [0.3, 0.4) is 0 Å². The topological polar surface area (TPSA) is 24.5 Å². The third kappa shape index (κ3) is 4.22. The Morgan fingerprint density at radius 2 is 2.05 bits per heavy atom. The summed E-state index contributed by atoms with van der Waals surface area (Å²) in [6.07, 6.45) is 2.59. The number of ether oxygens (including phenoxy) is 1. The third-order valence-electron chi connectivity index (χ3n) is 3.92. The highest BCUT2D eigenvalue weighted by atomic mass is 16.5. The van der Waals surface area contributed by atoms with Crippen molar-refractivity contribution in [1.29, 1.82) is 0 Å². The molecule has 1 heterocycles. The van der Waals surface area contributed by atoms with Gasteiger partial charge in [0.05, 0.1) is 6.10 Å². The number of nitrogens with zero attached hydrogens (tertiary/aromatic N) is 1. The Morgan fingerprint density at radius 1 is 1.30 bits per heavy atom. The van der Waals surface area contributed by atoms with E-state index in [1.165, 1.54) is 11.3 Å². The molecule has 20 heavy (non-hydrogen) atoms. The van der Waals surface area contributed by atoms with Crippen molar-refractivity contribution in [1.82, 2.24) is 4.90 Å².